The topological polar surface area (TPSA) is 63.6 Å². The van der Waals surface area contributed by atoms with Gasteiger partial charge in [-0.25, -0.2) is 4.79 Å². The Morgan fingerprint density at radius 2 is 1.94 bits per heavy atom. The van der Waals surface area contributed by atoms with Gasteiger partial charge in [0, 0.05) is 0 Å². The first-order valence-electron chi connectivity index (χ1n) is 5.49. The fourth-order valence-electron chi connectivity index (χ4n) is 1.96. The van der Waals surface area contributed by atoms with Crippen molar-refractivity contribution in [2.45, 2.75) is 33.8 Å². The molecule has 1 N–H and O–H groups in total. The van der Waals surface area contributed by atoms with Crippen LogP contribution in [0.25, 0.3) is 0 Å². The van der Waals surface area contributed by atoms with E-state index >= 15 is 0 Å². The molecule has 17 heavy (non-hydrogen) atoms. The minimum atomic E-state index is -1.04. The van der Waals surface area contributed by atoms with Crippen LogP contribution in [0.5, 0.6) is 0 Å². The van der Waals surface area contributed by atoms with Gasteiger partial charge in [-0.1, -0.05) is 13.8 Å². The lowest BCUT2D eigenvalue weighted by molar-refractivity contribution is -0.144. The summed E-state index contributed by atoms with van der Waals surface area (Å²) in [7, 11) is 0. The third-order valence-electron chi connectivity index (χ3n) is 3.04. The van der Waals surface area contributed by atoms with Crippen LogP contribution in [-0.4, -0.2) is 23.1 Å². The molecule has 1 fully saturated rings. The lowest BCUT2D eigenvalue weighted by Crippen LogP contribution is -2.12. The van der Waals surface area contributed by atoms with E-state index in [4.69, 9.17) is 5.11 Å². The van der Waals surface area contributed by atoms with Crippen molar-refractivity contribution in [1.82, 2.24) is 0 Å². The number of hydrogen-bond acceptors (Lipinski definition) is 3. The molecule has 0 aliphatic heterocycles. The monoisotopic (exact) mass is 244 g/mol. The molecule has 1 unspecified atom stereocenters. The molecule has 1 aliphatic rings. The molecule has 0 aromatic carbocycles. The Bertz CT molecular complexity index is 371. The van der Waals surface area contributed by atoms with Gasteiger partial charge in [0.15, 0.2) is 0 Å². The summed E-state index contributed by atoms with van der Waals surface area (Å²) in [5.41, 5.74) is -0.513. The van der Waals surface area contributed by atoms with Gasteiger partial charge in [-0.3, -0.25) is 4.79 Å². The van der Waals surface area contributed by atoms with E-state index in [1.165, 1.54) is 0 Å². The summed E-state index contributed by atoms with van der Waals surface area (Å²) in [6, 6.07) is 0. The summed E-state index contributed by atoms with van der Waals surface area (Å²) in [5, 5.41) is 8.89. The molecular formula is C12H17FO4. The number of esters is 1. The quantitative estimate of drug-likeness (QED) is 0.608. The molecule has 1 saturated carbocycles. The number of carboxylic acid groups (broad SMARTS) is 1. The number of carbonyl (C=O) groups excluding carboxylic acids is 1. The van der Waals surface area contributed by atoms with E-state index in [1.807, 2.05) is 0 Å². The third-order valence-corrected chi connectivity index (χ3v) is 3.04. The highest BCUT2D eigenvalue weighted by Gasteiger charge is 2.61. The number of hydrogen-bond donors (Lipinski definition) is 1. The Kier molecular flexibility index (Phi) is 3.59. The maximum Gasteiger partial charge on any atom is 0.367 e. The number of aliphatic carboxylic acids is 1. The number of rotatable bonds is 4. The minimum Gasteiger partial charge on any atom is -0.481 e. The van der Waals surface area contributed by atoms with Crippen molar-refractivity contribution in [3.05, 3.63) is 11.9 Å². The summed E-state index contributed by atoms with van der Waals surface area (Å²) in [4.78, 5) is 22.0. The van der Waals surface area contributed by atoms with Crippen molar-refractivity contribution >= 4 is 11.9 Å². The van der Waals surface area contributed by atoms with Gasteiger partial charge >= 0.3 is 11.9 Å². The Labute approximate surface area is 99.5 Å². The average Bonchev–Trinajstić information content (AvgIpc) is 2.66. The molecule has 1 aliphatic carbocycles. The van der Waals surface area contributed by atoms with Crippen molar-refractivity contribution in [2.75, 3.05) is 0 Å². The largest absolute Gasteiger partial charge is 0.481 e. The van der Waals surface area contributed by atoms with Gasteiger partial charge in [0.25, 0.3) is 0 Å². The van der Waals surface area contributed by atoms with E-state index < -0.39 is 41.1 Å². The Morgan fingerprint density at radius 1 is 1.41 bits per heavy atom. The van der Waals surface area contributed by atoms with E-state index in [0.29, 0.717) is 0 Å². The molecular weight excluding hydrogens is 227 g/mol. The normalized spacial score (nSPS) is 26.8. The van der Waals surface area contributed by atoms with Crippen molar-refractivity contribution in [3.63, 3.8) is 0 Å². The predicted molar refractivity (Wildman–Crippen MR) is 58.8 cm³/mol. The Balaban J connectivity index is 2.71. The van der Waals surface area contributed by atoms with Gasteiger partial charge in [0.05, 0.1) is 12.0 Å². The van der Waals surface area contributed by atoms with Gasteiger partial charge in [-0.15, -0.1) is 0 Å². The van der Waals surface area contributed by atoms with Crippen molar-refractivity contribution in [3.8, 4) is 0 Å². The van der Waals surface area contributed by atoms with Crippen LogP contribution >= 0.6 is 0 Å². The van der Waals surface area contributed by atoms with E-state index in [-0.39, 0.29) is 0 Å². The summed E-state index contributed by atoms with van der Waals surface area (Å²) in [6.07, 6.45) is 0.660. The van der Waals surface area contributed by atoms with Crippen LogP contribution < -0.4 is 0 Å². The highest BCUT2D eigenvalue weighted by molar-refractivity contribution is 5.86. The van der Waals surface area contributed by atoms with Crippen molar-refractivity contribution < 1.29 is 23.8 Å². The lowest BCUT2D eigenvalue weighted by Gasteiger charge is -2.05. The number of carbonyl (C=O) groups is 2. The molecule has 2 atom stereocenters. The molecule has 96 valence electrons. The summed E-state index contributed by atoms with van der Waals surface area (Å²) in [5.74, 6) is -4.12. The standard InChI is InChI=1S/C12H17FO4/c1-6(2)17-11(16)8(13)5-7-9(10(14)15)12(7,3)4/h5-7,9H,1-4H3,(H,14,15)/t7?,9-/m0/s1. The molecule has 0 heterocycles. The smallest absolute Gasteiger partial charge is 0.367 e. The van der Waals surface area contributed by atoms with Crippen LogP contribution in [0.1, 0.15) is 27.7 Å². The van der Waals surface area contributed by atoms with E-state index in [2.05, 4.69) is 4.74 Å². The van der Waals surface area contributed by atoms with Crippen molar-refractivity contribution in [2.24, 2.45) is 17.3 Å². The Hall–Kier alpha value is -1.39. The number of carboxylic acids is 1. The number of allylic oxidation sites excluding steroid dienone is 1. The molecule has 4 nitrogen and oxygen atoms in total. The first-order valence-corrected chi connectivity index (χ1v) is 5.49. The zero-order valence-electron chi connectivity index (χ0n) is 10.4. The SMILES string of the molecule is CC(C)OC(=O)C(F)=CC1[C@@H](C(=O)O)C1(C)C. The molecule has 5 heteroatoms. The number of ether oxygens (including phenoxy) is 1. The predicted octanol–water partition coefficient (Wildman–Crippen LogP) is 2.15. The molecule has 0 radical (unpaired) electrons. The summed E-state index contributed by atoms with van der Waals surface area (Å²) in [6.45, 7) is 6.70. The second-order valence-electron chi connectivity index (χ2n) is 5.13. The molecule has 0 bridgehead atoms. The molecule has 0 aromatic rings. The zero-order valence-corrected chi connectivity index (χ0v) is 10.4. The Morgan fingerprint density at radius 3 is 2.29 bits per heavy atom. The highest BCUT2D eigenvalue weighted by Crippen LogP contribution is 2.59. The molecule has 0 saturated heterocycles. The fraction of sp³-hybridized carbons (Fsp3) is 0.667. The average molecular weight is 244 g/mol. The van der Waals surface area contributed by atoms with E-state index in [9.17, 15) is 14.0 Å². The van der Waals surface area contributed by atoms with Crippen LogP contribution in [0.2, 0.25) is 0 Å². The maximum absolute atomic E-state index is 13.4. The van der Waals surface area contributed by atoms with Gasteiger partial charge in [0.1, 0.15) is 0 Å². The minimum absolute atomic E-state index is 0.399. The van der Waals surface area contributed by atoms with Gasteiger partial charge in [-0.05, 0) is 31.3 Å². The molecule has 1 rings (SSSR count). The van der Waals surface area contributed by atoms with Crippen LogP contribution in [-0.2, 0) is 14.3 Å². The van der Waals surface area contributed by atoms with Crippen LogP contribution in [0.15, 0.2) is 11.9 Å². The zero-order chi connectivity index (χ0) is 13.4. The summed E-state index contributed by atoms with van der Waals surface area (Å²) < 4.78 is 18.1. The second kappa shape index (κ2) is 4.47. The first kappa shape index (κ1) is 13.7. The van der Waals surface area contributed by atoms with E-state index in [1.54, 1.807) is 27.7 Å². The van der Waals surface area contributed by atoms with Gasteiger partial charge < -0.3 is 9.84 Å². The van der Waals surface area contributed by atoms with Crippen LogP contribution in [0.3, 0.4) is 0 Å². The van der Waals surface area contributed by atoms with Crippen LogP contribution in [0, 0.1) is 17.3 Å². The molecule has 0 spiro atoms. The first-order chi connectivity index (χ1) is 7.67. The molecule has 0 aromatic heterocycles. The highest BCUT2D eigenvalue weighted by atomic mass is 19.1. The fourth-order valence-corrected chi connectivity index (χ4v) is 1.96. The summed E-state index contributed by atoms with van der Waals surface area (Å²) >= 11 is 0. The van der Waals surface area contributed by atoms with Gasteiger partial charge in [-0.2, -0.15) is 4.39 Å². The number of halogens is 1. The third kappa shape index (κ3) is 2.84. The maximum atomic E-state index is 13.4. The lowest BCUT2D eigenvalue weighted by atomic mass is 10.1. The van der Waals surface area contributed by atoms with E-state index in [0.717, 1.165) is 6.08 Å². The molecule has 0 amide bonds. The van der Waals surface area contributed by atoms with Crippen LogP contribution in [0.4, 0.5) is 4.39 Å². The van der Waals surface area contributed by atoms with Gasteiger partial charge in [0.2, 0.25) is 5.83 Å². The van der Waals surface area contributed by atoms with Crippen molar-refractivity contribution in [1.29, 1.82) is 0 Å². The second-order valence-corrected chi connectivity index (χ2v) is 5.13.